The topological polar surface area (TPSA) is 24.1 Å². The molecule has 0 radical (unpaired) electrons. The van der Waals surface area contributed by atoms with E-state index in [4.69, 9.17) is 0 Å². The third kappa shape index (κ3) is 3.57. The standard InChI is InChI=1S/C18H34N2/c1-2-5-14-9-11-15(12-10-14)20-18-7-3-6-16(18)17-8-4-13-19-17/h14-20H,2-13H2,1H3. The van der Waals surface area contributed by atoms with Crippen molar-refractivity contribution < 1.29 is 0 Å². The van der Waals surface area contributed by atoms with Gasteiger partial charge in [0.2, 0.25) is 0 Å². The molecule has 2 N–H and O–H groups in total. The molecule has 116 valence electrons. The van der Waals surface area contributed by atoms with Crippen molar-refractivity contribution >= 4 is 0 Å². The van der Waals surface area contributed by atoms with E-state index in [2.05, 4.69) is 17.6 Å². The molecule has 0 amide bonds. The zero-order chi connectivity index (χ0) is 13.8. The highest BCUT2D eigenvalue weighted by Gasteiger charge is 2.36. The van der Waals surface area contributed by atoms with Gasteiger partial charge in [0.05, 0.1) is 0 Å². The molecule has 1 saturated heterocycles. The lowest BCUT2D eigenvalue weighted by Gasteiger charge is -2.34. The van der Waals surface area contributed by atoms with Crippen molar-refractivity contribution in [2.75, 3.05) is 6.54 Å². The lowest BCUT2D eigenvalue weighted by atomic mass is 9.82. The molecule has 0 aromatic rings. The van der Waals surface area contributed by atoms with E-state index in [-0.39, 0.29) is 0 Å². The van der Waals surface area contributed by atoms with Crippen molar-refractivity contribution in [2.45, 2.75) is 95.7 Å². The Kier molecular flexibility index (Phi) is 5.39. The SMILES string of the molecule is CCCC1CCC(NC2CCCC2C2CCCN2)CC1. The fraction of sp³-hybridized carbons (Fsp3) is 1.00. The molecular weight excluding hydrogens is 244 g/mol. The summed E-state index contributed by atoms with van der Waals surface area (Å²) in [6, 6.07) is 2.47. The van der Waals surface area contributed by atoms with Crippen molar-refractivity contribution in [2.24, 2.45) is 11.8 Å². The second-order valence-electron chi connectivity index (χ2n) is 7.58. The molecule has 20 heavy (non-hydrogen) atoms. The summed E-state index contributed by atoms with van der Waals surface area (Å²) in [6.45, 7) is 3.60. The van der Waals surface area contributed by atoms with Crippen LogP contribution in [0.25, 0.3) is 0 Å². The highest BCUT2D eigenvalue weighted by molar-refractivity contribution is 4.95. The average molecular weight is 278 g/mol. The largest absolute Gasteiger partial charge is 0.314 e. The van der Waals surface area contributed by atoms with Crippen molar-refractivity contribution in [3.8, 4) is 0 Å². The van der Waals surface area contributed by atoms with Gasteiger partial charge in [-0.3, -0.25) is 0 Å². The molecule has 2 heteroatoms. The van der Waals surface area contributed by atoms with Crippen LogP contribution >= 0.6 is 0 Å². The molecule has 0 bridgehead atoms. The minimum absolute atomic E-state index is 0.818. The Morgan fingerprint density at radius 3 is 2.50 bits per heavy atom. The first-order chi connectivity index (χ1) is 9.86. The zero-order valence-electron chi connectivity index (χ0n) is 13.4. The number of hydrogen-bond donors (Lipinski definition) is 2. The predicted molar refractivity (Wildman–Crippen MR) is 85.9 cm³/mol. The highest BCUT2D eigenvalue weighted by Crippen LogP contribution is 2.34. The number of rotatable bonds is 5. The van der Waals surface area contributed by atoms with Gasteiger partial charge >= 0.3 is 0 Å². The second-order valence-corrected chi connectivity index (χ2v) is 7.58. The van der Waals surface area contributed by atoms with E-state index in [1.165, 1.54) is 77.2 Å². The summed E-state index contributed by atoms with van der Waals surface area (Å²) in [6.07, 6.45) is 15.8. The normalized spacial score (nSPS) is 42.1. The van der Waals surface area contributed by atoms with Gasteiger partial charge in [-0.15, -0.1) is 0 Å². The van der Waals surface area contributed by atoms with Crippen molar-refractivity contribution in [3.63, 3.8) is 0 Å². The number of nitrogens with one attached hydrogen (secondary N) is 2. The molecule has 3 atom stereocenters. The molecule has 0 aromatic heterocycles. The summed E-state index contributed by atoms with van der Waals surface area (Å²) in [5.74, 6) is 1.96. The van der Waals surface area contributed by atoms with Gasteiger partial charge in [0.15, 0.2) is 0 Å². The van der Waals surface area contributed by atoms with Gasteiger partial charge in [-0.05, 0) is 69.7 Å². The van der Waals surface area contributed by atoms with Crippen LogP contribution in [0, 0.1) is 11.8 Å². The maximum atomic E-state index is 4.07. The van der Waals surface area contributed by atoms with E-state index in [0.717, 1.165) is 30.0 Å². The Morgan fingerprint density at radius 1 is 0.950 bits per heavy atom. The summed E-state index contributed by atoms with van der Waals surface area (Å²) >= 11 is 0. The van der Waals surface area contributed by atoms with Crippen LogP contribution in [0.5, 0.6) is 0 Å². The van der Waals surface area contributed by atoms with Crippen LogP contribution in [-0.2, 0) is 0 Å². The fourth-order valence-corrected chi connectivity index (χ4v) is 5.08. The molecule has 3 fully saturated rings. The molecule has 3 rings (SSSR count). The van der Waals surface area contributed by atoms with Crippen LogP contribution in [0.3, 0.4) is 0 Å². The van der Waals surface area contributed by atoms with Crippen LogP contribution in [-0.4, -0.2) is 24.7 Å². The molecular formula is C18H34N2. The van der Waals surface area contributed by atoms with E-state index in [1.807, 2.05) is 0 Å². The van der Waals surface area contributed by atoms with Gasteiger partial charge in [0, 0.05) is 18.1 Å². The van der Waals surface area contributed by atoms with Crippen molar-refractivity contribution in [1.29, 1.82) is 0 Å². The first kappa shape index (κ1) is 14.8. The van der Waals surface area contributed by atoms with Crippen LogP contribution in [0.15, 0.2) is 0 Å². The number of hydrogen-bond acceptors (Lipinski definition) is 2. The maximum absolute atomic E-state index is 4.07. The maximum Gasteiger partial charge on any atom is 0.0113 e. The van der Waals surface area contributed by atoms with Crippen molar-refractivity contribution in [1.82, 2.24) is 10.6 Å². The average Bonchev–Trinajstić information content (AvgIpc) is 3.12. The highest BCUT2D eigenvalue weighted by atomic mass is 15.0. The van der Waals surface area contributed by atoms with Gasteiger partial charge in [0.25, 0.3) is 0 Å². The molecule has 2 nitrogen and oxygen atoms in total. The smallest absolute Gasteiger partial charge is 0.0113 e. The Morgan fingerprint density at radius 2 is 1.80 bits per heavy atom. The third-order valence-corrected chi connectivity index (χ3v) is 6.18. The molecule has 2 saturated carbocycles. The molecule has 3 unspecified atom stereocenters. The van der Waals surface area contributed by atoms with E-state index >= 15 is 0 Å². The van der Waals surface area contributed by atoms with E-state index < -0.39 is 0 Å². The zero-order valence-corrected chi connectivity index (χ0v) is 13.4. The summed E-state index contributed by atoms with van der Waals surface area (Å²) in [4.78, 5) is 0. The Labute approximate surface area is 125 Å². The molecule has 0 spiro atoms. The minimum atomic E-state index is 0.818. The van der Waals surface area contributed by atoms with Crippen LogP contribution in [0.4, 0.5) is 0 Å². The van der Waals surface area contributed by atoms with Crippen LogP contribution in [0.1, 0.15) is 77.6 Å². The lowest BCUT2D eigenvalue weighted by molar-refractivity contribution is 0.233. The van der Waals surface area contributed by atoms with Gasteiger partial charge in [-0.1, -0.05) is 26.2 Å². The van der Waals surface area contributed by atoms with E-state index in [9.17, 15) is 0 Å². The first-order valence-electron chi connectivity index (χ1n) is 9.36. The summed E-state index contributed by atoms with van der Waals surface area (Å²) in [5.41, 5.74) is 0. The quantitative estimate of drug-likeness (QED) is 0.798. The minimum Gasteiger partial charge on any atom is -0.314 e. The van der Waals surface area contributed by atoms with Crippen molar-refractivity contribution in [3.05, 3.63) is 0 Å². The van der Waals surface area contributed by atoms with E-state index in [1.54, 1.807) is 0 Å². The fourth-order valence-electron chi connectivity index (χ4n) is 5.08. The molecule has 0 aromatic carbocycles. The molecule has 3 aliphatic rings. The monoisotopic (exact) mass is 278 g/mol. The van der Waals surface area contributed by atoms with E-state index in [0.29, 0.717) is 0 Å². The predicted octanol–water partition coefficient (Wildman–Crippen LogP) is 3.86. The molecule has 1 aliphatic heterocycles. The Hall–Kier alpha value is -0.0800. The Balaban J connectivity index is 1.45. The third-order valence-electron chi connectivity index (χ3n) is 6.18. The lowest BCUT2D eigenvalue weighted by Crippen LogP contribution is -2.47. The summed E-state index contributed by atoms with van der Waals surface area (Å²) < 4.78 is 0. The van der Waals surface area contributed by atoms with Gasteiger partial charge in [-0.2, -0.15) is 0 Å². The van der Waals surface area contributed by atoms with Gasteiger partial charge in [0.1, 0.15) is 0 Å². The summed E-state index contributed by atoms with van der Waals surface area (Å²) in [5, 5.41) is 7.82. The van der Waals surface area contributed by atoms with Gasteiger partial charge in [-0.25, -0.2) is 0 Å². The Bertz CT molecular complexity index is 277. The van der Waals surface area contributed by atoms with Crippen LogP contribution < -0.4 is 10.6 Å². The van der Waals surface area contributed by atoms with Gasteiger partial charge < -0.3 is 10.6 Å². The molecule has 1 heterocycles. The summed E-state index contributed by atoms with van der Waals surface area (Å²) in [7, 11) is 0. The molecule has 2 aliphatic carbocycles. The first-order valence-corrected chi connectivity index (χ1v) is 9.36. The van der Waals surface area contributed by atoms with Crippen LogP contribution in [0.2, 0.25) is 0 Å². The second kappa shape index (κ2) is 7.26.